The summed E-state index contributed by atoms with van der Waals surface area (Å²) in [6, 6.07) is 42.7. The summed E-state index contributed by atoms with van der Waals surface area (Å²) < 4.78 is 26.5. The van der Waals surface area contributed by atoms with Crippen LogP contribution in [0.3, 0.4) is 0 Å². The third-order valence-electron chi connectivity index (χ3n) is 9.30. The number of ether oxygens (including phenoxy) is 2. The van der Waals surface area contributed by atoms with Gasteiger partial charge in [-0.3, -0.25) is 4.79 Å². The zero-order valence-electron chi connectivity index (χ0n) is 30.6. The third kappa shape index (κ3) is 8.88. The lowest BCUT2D eigenvalue weighted by Gasteiger charge is -2.47. The van der Waals surface area contributed by atoms with Crippen LogP contribution in [0.5, 0.6) is 0 Å². The first-order valence-electron chi connectivity index (χ1n) is 17.5. The molecular weight excluding hydrogens is 641 g/mol. The Kier molecular flexibility index (Phi) is 13.4. The molecule has 0 N–H and O–H groups in total. The number of hydrogen-bond acceptors (Lipinski definition) is 5. The van der Waals surface area contributed by atoms with Crippen LogP contribution in [0.2, 0.25) is 10.1 Å². The van der Waals surface area contributed by atoms with E-state index in [2.05, 4.69) is 169 Å². The topological polar surface area (TPSA) is 54.0 Å². The van der Waals surface area contributed by atoms with Gasteiger partial charge in [-0.05, 0) is 44.2 Å². The van der Waals surface area contributed by atoms with Gasteiger partial charge in [-0.1, -0.05) is 163 Å². The highest BCUT2D eigenvalue weighted by Gasteiger charge is 2.54. The number of hydrogen-bond donors (Lipinski definition) is 0. The minimum atomic E-state index is -2.99. The highest BCUT2D eigenvalue weighted by Crippen LogP contribution is 2.40. The molecule has 0 spiro atoms. The normalized spacial score (nSPS) is 13.9. The summed E-state index contributed by atoms with van der Waals surface area (Å²) >= 11 is 0. The van der Waals surface area contributed by atoms with Crippen LogP contribution in [0, 0.1) is 6.42 Å². The van der Waals surface area contributed by atoms with E-state index >= 15 is 0 Å². The van der Waals surface area contributed by atoms with Gasteiger partial charge in [0, 0.05) is 20.0 Å². The van der Waals surface area contributed by atoms with Crippen molar-refractivity contribution in [1.82, 2.24) is 0 Å². The largest absolute Gasteiger partial charge is 0.466 e. The van der Waals surface area contributed by atoms with Crippen molar-refractivity contribution < 1.29 is 23.1 Å². The van der Waals surface area contributed by atoms with Crippen molar-refractivity contribution >= 4 is 43.4 Å². The van der Waals surface area contributed by atoms with E-state index in [0.29, 0.717) is 19.6 Å². The summed E-state index contributed by atoms with van der Waals surface area (Å²) in [4.78, 5) is 12.4. The second kappa shape index (κ2) is 17.1. The number of esters is 1. The van der Waals surface area contributed by atoms with Gasteiger partial charge in [0.15, 0.2) is 0 Å². The first kappa shape index (κ1) is 38.5. The molecule has 0 amide bonds. The summed E-state index contributed by atoms with van der Waals surface area (Å²) in [5.41, 5.74) is 0. The van der Waals surface area contributed by atoms with Crippen LogP contribution in [-0.2, 0) is 23.1 Å². The van der Waals surface area contributed by atoms with Crippen LogP contribution >= 0.6 is 0 Å². The van der Waals surface area contributed by atoms with Gasteiger partial charge in [0.25, 0.3) is 16.6 Å². The van der Waals surface area contributed by atoms with Crippen LogP contribution in [0.15, 0.2) is 121 Å². The molecule has 0 unspecified atom stereocenters. The molecule has 1 radical (unpaired) electrons. The molecule has 0 aliphatic carbocycles. The zero-order chi connectivity index (χ0) is 35.5. The van der Waals surface area contributed by atoms with Crippen LogP contribution in [0.25, 0.3) is 0 Å². The van der Waals surface area contributed by atoms with E-state index in [1.54, 1.807) is 7.11 Å². The van der Waals surface area contributed by atoms with Crippen LogP contribution in [0.1, 0.15) is 61.3 Å². The lowest BCUT2D eigenvalue weighted by molar-refractivity contribution is -0.143. The molecule has 4 aromatic rings. The van der Waals surface area contributed by atoms with Gasteiger partial charge in [0.05, 0.1) is 25.4 Å². The summed E-state index contributed by atoms with van der Waals surface area (Å²) in [5, 5.41) is 4.36. The summed E-state index contributed by atoms with van der Waals surface area (Å²) in [5.74, 6) is -0.231. The second-order valence-electron chi connectivity index (χ2n) is 14.6. The predicted molar refractivity (Wildman–Crippen MR) is 207 cm³/mol. The average Bonchev–Trinajstić information content (AvgIpc) is 3.09. The summed E-state index contributed by atoms with van der Waals surface area (Å²) in [7, 11) is -4.20. The van der Waals surface area contributed by atoms with Crippen molar-refractivity contribution in [2.45, 2.75) is 83.6 Å². The highest BCUT2D eigenvalue weighted by atomic mass is 28.4. The molecule has 0 fully saturated rings. The molecule has 7 heteroatoms. The second-order valence-corrected chi connectivity index (χ2v) is 23.2. The van der Waals surface area contributed by atoms with Crippen LogP contribution < -0.4 is 20.7 Å². The molecule has 49 heavy (non-hydrogen) atoms. The number of rotatable bonds is 16. The minimum absolute atomic E-state index is 0.206. The van der Waals surface area contributed by atoms with E-state index in [1.807, 2.05) is 6.92 Å². The van der Waals surface area contributed by atoms with E-state index in [0.717, 1.165) is 0 Å². The molecule has 4 aromatic carbocycles. The first-order valence-corrected chi connectivity index (χ1v) is 21.3. The van der Waals surface area contributed by atoms with Gasteiger partial charge in [-0.15, -0.1) is 0 Å². The number of carbonyl (C=O) groups is 1. The molecule has 5 nitrogen and oxygen atoms in total. The Hall–Kier alpha value is -3.34. The Morgan fingerprint density at radius 3 is 1.37 bits per heavy atom. The highest BCUT2D eigenvalue weighted by molar-refractivity contribution is 7.00. The molecule has 0 aliphatic rings. The molecule has 0 bridgehead atoms. The van der Waals surface area contributed by atoms with Crippen LogP contribution in [-0.4, -0.2) is 55.1 Å². The van der Waals surface area contributed by atoms with E-state index in [1.165, 1.54) is 20.7 Å². The maximum atomic E-state index is 12.4. The lowest BCUT2D eigenvalue weighted by atomic mass is 10.1. The Balaban J connectivity index is 1.87. The first-order chi connectivity index (χ1) is 23.4. The lowest BCUT2D eigenvalue weighted by Crippen LogP contribution is -2.69. The predicted octanol–water partition coefficient (Wildman–Crippen LogP) is 7.07. The molecule has 0 aliphatic heterocycles. The molecule has 2 atom stereocenters. The van der Waals surface area contributed by atoms with Gasteiger partial charge in [-0.25, -0.2) is 0 Å². The maximum Gasteiger partial charge on any atom is 0.305 e. The SMILES string of the molecule is CCOC(=O)CC[C@H]([CH][C@@H](CO[Si](c1ccccc1)(c1ccccc1)C(C)(C)C)O[Si](c1ccccc1)(c1ccccc1)C(C)(C)C)OC. The van der Waals surface area contributed by atoms with Gasteiger partial charge in [0.2, 0.25) is 0 Å². The fourth-order valence-electron chi connectivity index (χ4n) is 7.04. The van der Waals surface area contributed by atoms with E-state index < -0.39 is 22.7 Å². The maximum absolute atomic E-state index is 12.4. The standard InChI is InChI=1S/C42H55O5Si2/c1-9-45-40(43)31-30-34(44-8)32-35(47-49(42(5,6)7,38-26-18-12-19-27-38)39-28-20-13-21-29-39)33-46-48(41(2,3)4,36-22-14-10-15-23-36)37-24-16-11-17-25-37/h10-29,32,34-35H,9,30-31,33H2,1-8H3/t34-,35+/m1/s1. The van der Waals surface area contributed by atoms with Gasteiger partial charge >= 0.3 is 5.97 Å². The zero-order valence-corrected chi connectivity index (χ0v) is 32.6. The Labute approximate surface area is 297 Å². The van der Waals surface area contributed by atoms with Crippen molar-refractivity contribution in [3.05, 3.63) is 128 Å². The fourth-order valence-corrected chi connectivity index (χ4v) is 16.2. The molecule has 0 heterocycles. The van der Waals surface area contributed by atoms with Crippen LogP contribution in [0.4, 0.5) is 0 Å². The van der Waals surface area contributed by atoms with Gasteiger partial charge < -0.3 is 18.3 Å². The van der Waals surface area contributed by atoms with Crippen molar-refractivity contribution in [3.63, 3.8) is 0 Å². The Morgan fingerprint density at radius 1 is 0.633 bits per heavy atom. The van der Waals surface area contributed by atoms with Gasteiger partial charge in [-0.2, -0.15) is 0 Å². The fraction of sp³-hybridized carbons (Fsp3) is 0.381. The number of benzene rings is 4. The smallest absolute Gasteiger partial charge is 0.305 e. The number of methoxy groups -OCH3 is 1. The quantitative estimate of drug-likeness (QED) is 0.0928. The van der Waals surface area contributed by atoms with E-state index in [-0.39, 0.29) is 28.6 Å². The Morgan fingerprint density at radius 2 is 1.02 bits per heavy atom. The molecule has 0 saturated heterocycles. The van der Waals surface area contributed by atoms with Crippen molar-refractivity contribution in [1.29, 1.82) is 0 Å². The monoisotopic (exact) mass is 695 g/mol. The van der Waals surface area contributed by atoms with Gasteiger partial charge in [0.1, 0.15) is 0 Å². The Bertz CT molecular complexity index is 1470. The van der Waals surface area contributed by atoms with Crippen molar-refractivity contribution in [3.8, 4) is 0 Å². The molecule has 0 saturated carbocycles. The molecular formula is C42H55O5Si2. The van der Waals surface area contributed by atoms with Crippen molar-refractivity contribution in [2.75, 3.05) is 20.3 Å². The molecule has 0 aromatic heterocycles. The van der Waals surface area contributed by atoms with E-state index in [9.17, 15) is 4.79 Å². The summed E-state index contributed by atoms with van der Waals surface area (Å²) in [6.45, 7) is 16.2. The summed E-state index contributed by atoms with van der Waals surface area (Å²) in [6.07, 6.45) is 2.05. The average molecular weight is 696 g/mol. The van der Waals surface area contributed by atoms with E-state index in [4.69, 9.17) is 18.3 Å². The molecule has 4 rings (SSSR count). The van der Waals surface area contributed by atoms with Crippen molar-refractivity contribution in [2.24, 2.45) is 0 Å². The number of carbonyl (C=O) groups excluding carboxylic acids is 1. The molecule has 261 valence electrons. The third-order valence-corrected chi connectivity index (χ3v) is 19.4. The minimum Gasteiger partial charge on any atom is -0.466 e.